The van der Waals surface area contributed by atoms with Gasteiger partial charge < -0.3 is 25.4 Å². The van der Waals surface area contributed by atoms with Crippen molar-refractivity contribution in [3.05, 3.63) is 35.9 Å². The fourth-order valence-corrected chi connectivity index (χ4v) is 2.07. The standard InChI is InChI=1S/C18H30N4O3.HI/c1-18(2,3)25-17(23)21-12-11-20-16(19-4)22-13-15(24-5)14-9-7-6-8-10-14;/h6-10,15H,11-13H2,1-5H3,(H,21,23)(H2,19,20,22);1H. The summed E-state index contributed by atoms with van der Waals surface area (Å²) in [6, 6.07) is 9.99. The van der Waals surface area contributed by atoms with Gasteiger partial charge in [-0.2, -0.15) is 0 Å². The number of benzene rings is 1. The maximum absolute atomic E-state index is 11.6. The Labute approximate surface area is 173 Å². The maximum atomic E-state index is 11.6. The second kappa shape index (κ2) is 12.7. The summed E-state index contributed by atoms with van der Waals surface area (Å²) in [6.07, 6.45) is -0.500. The summed E-state index contributed by atoms with van der Waals surface area (Å²) in [5.41, 5.74) is 0.598. The van der Waals surface area contributed by atoms with E-state index in [-0.39, 0.29) is 30.1 Å². The zero-order chi connectivity index (χ0) is 18.7. The molecule has 148 valence electrons. The SMILES string of the molecule is CN=C(NCCNC(=O)OC(C)(C)C)NCC(OC)c1ccccc1.I. The summed E-state index contributed by atoms with van der Waals surface area (Å²) in [5, 5.41) is 9.04. The number of aliphatic imine (C=N–C) groups is 1. The van der Waals surface area contributed by atoms with Crippen molar-refractivity contribution in [3.63, 3.8) is 0 Å². The molecule has 1 atom stereocenters. The third kappa shape index (κ3) is 10.4. The van der Waals surface area contributed by atoms with Crippen molar-refractivity contribution in [1.82, 2.24) is 16.0 Å². The number of rotatable bonds is 7. The molecule has 1 aromatic carbocycles. The predicted molar refractivity (Wildman–Crippen MR) is 115 cm³/mol. The number of amides is 1. The molecule has 3 N–H and O–H groups in total. The number of ether oxygens (including phenoxy) is 2. The van der Waals surface area contributed by atoms with Crippen LogP contribution in [0.3, 0.4) is 0 Å². The zero-order valence-electron chi connectivity index (χ0n) is 16.2. The van der Waals surface area contributed by atoms with Crippen molar-refractivity contribution in [3.8, 4) is 0 Å². The molecule has 0 bridgehead atoms. The van der Waals surface area contributed by atoms with Crippen molar-refractivity contribution in [2.45, 2.75) is 32.5 Å². The number of guanidine groups is 1. The summed E-state index contributed by atoms with van der Waals surface area (Å²) in [7, 11) is 3.38. The minimum Gasteiger partial charge on any atom is -0.444 e. The Balaban J connectivity index is 0.00000625. The van der Waals surface area contributed by atoms with E-state index in [1.807, 2.05) is 51.1 Å². The topological polar surface area (TPSA) is 84.0 Å². The minimum atomic E-state index is -0.498. The van der Waals surface area contributed by atoms with Crippen LogP contribution in [0.1, 0.15) is 32.4 Å². The predicted octanol–water partition coefficient (Wildman–Crippen LogP) is 2.68. The molecule has 1 unspecified atom stereocenters. The third-order valence-electron chi connectivity index (χ3n) is 3.22. The van der Waals surface area contributed by atoms with Crippen LogP contribution in [0.5, 0.6) is 0 Å². The van der Waals surface area contributed by atoms with Gasteiger partial charge in [-0.3, -0.25) is 4.99 Å². The van der Waals surface area contributed by atoms with Gasteiger partial charge in [0.1, 0.15) is 5.60 Å². The second-order valence-electron chi connectivity index (χ2n) is 6.44. The number of nitrogens with zero attached hydrogens (tertiary/aromatic N) is 1. The number of carbonyl (C=O) groups is 1. The number of hydrogen-bond acceptors (Lipinski definition) is 4. The van der Waals surface area contributed by atoms with Gasteiger partial charge in [0.15, 0.2) is 5.96 Å². The molecular formula is C18H31IN4O3. The van der Waals surface area contributed by atoms with Gasteiger partial charge in [0.25, 0.3) is 0 Å². The second-order valence-corrected chi connectivity index (χ2v) is 6.44. The van der Waals surface area contributed by atoms with Gasteiger partial charge in [0.05, 0.1) is 6.10 Å². The lowest BCUT2D eigenvalue weighted by molar-refractivity contribution is 0.0529. The smallest absolute Gasteiger partial charge is 0.407 e. The Kier molecular flexibility index (Phi) is 12.0. The Morgan fingerprint density at radius 2 is 1.73 bits per heavy atom. The first-order valence-electron chi connectivity index (χ1n) is 8.35. The van der Waals surface area contributed by atoms with Crippen LogP contribution in [-0.4, -0.2) is 51.4 Å². The monoisotopic (exact) mass is 478 g/mol. The van der Waals surface area contributed by atoms with E-state index in [9.17, 15) is 4.79 Å². The summed E-state index contributed by atoms with van der Waals surface area (Å²) < 4.78 is 10.7. The summed E-state index contributed by atoms with van der Waals surface area (Å²) in [4.78, 5) is 15.7. The molecule has 0 radical (unpaired) electrons. The molecule has 0 aromatic heterocycles. The molecule has 0 aliphatic carbocycles. The van der Waals surface area contributed by atoms with Crippen molar-refractivity contribution >= 4 is 36.0 Å². The Bertz CT molecular complexity index is 547. The molecule has 1 rings (SSSR count). The molecule has 0 aliphatic heterocycles. The average Bonchev–Trinajstić information content (AvgIpc) is 2.56. The fraction of sp³-hybridized carbons (Fsp3) is 0.556. The first kappa shape index (κ1) is 24.5. The largest absolute Gasteiger partial charge is 0.444 e. The Morgan fingerprint density at radius 3 is 2.27 bits per heavy atom. The molecule has 0 saturated heterocycles. The van der Waals surface area contributed by atoms with E-state index in [2.05, 4.69) is 20.9 Å². The van der Waals surface area contributed by atoms with E-state index < -0.39 is 11.7 Å². The summed E-state index contributed by atoms with van der Waals surface area (Å²) >= 11 is 0. The number of nitrogens with one attached hydrogen (secondary N) is 3. The van der Waals surface area contributed by atoms with Gasteiger partial charge in [0, 0.05) is 33.8 Å². The lowest BCUT2D eigenvalue weighted by Crippen LogP contribution is -2.43. The molecule has 7 nitrogen and oxygen atoms in total. The van der Waals surface area contributed by atoms with Crippen molar-refractivity contribution in [1.29, 1.82) is 0 Å². The van der Waals surface area contributed by atoms with E-state index in [1.54, 1.807) is 14.2 Å². The number of carbonyl (C=O) groups excluding carboxylic acids is 1. The molecule has 0 fully saturated rings. The normalized spacial score (nSPS) is 12.6. The number of methoxy groups -OCH3 is 1. The highest BCUT2D eigenvalue weighted by atomic mass is 127. The highest BCUT2D eigenvalue weighted by Gasteiger charge is 2.15. The van der Waals surface area contributed by atoms with Crippen molar-refractivity contribution in [2.75, 3.05) is 33.8 Å². The first-order chi connectivity index (χ1) is 11.9. The van der Waals surface area contributed by atoms with Gasteiger partial charge in [-0.05, 0) is 26.3 Å². The number of halogens is 1. The van der Waals surface area contributed by atoms with Crippen LogP contribution in [0.4, 0.5) is 4.79 Å². The van der Waals surface area contributed by atoms with Crippen LogP contribution in [0.15, 0.2) is 35.3 Å². The highest BCUT2D eigenvalue weighted by Crippen LogP contribution is 2.14. The fourth-order valence-electron chi connectivity index (χ4n) is 2.07. The van der Waals surface area contributed by atoms with E-state index >= 15 is 0 Å². The molecular weight excluding hydrogens is 447 g/mol. The van der Waals surface area contributed by atoms with Crippen LogP contribution in [0.25, 0.3) is 0 Å². The van der Waals surface area contributed by atoms with E-state index in [0.717, 1.165) is 5.56 Å². The molecule has 8 heteroatoms. The number of alkyl carbamates (subject to hydrolysis) is 1. The van der Waals surface area contributed by atoms with Gasteiger partial charge in [-0.25, -0.2) is 4.79 Å². The number of hydrogen-bond donors (Lipinski definition) is 3. The molecule has 0 saturated carbocycles. The summed E-state index contributed by atoms with van der Waals surface area (Å²) in [6.45, 7) is 7.03. The molecule has 1 aromatic rings. The van der Waals surface area contributed by atoms with Crippen molar-refractivity contribution in [2.24, 2.45) is 4.99 Å². The van der Waals surface area contributed by atoms with Crippen LogP contribution >= 0.6 is 24.0 Å². The van der Waals surface area contributed by atoms with Gasteiger partial charge >= 0.3 is 6.09 Å². The van der Waals surface area contributed by atoms with Crippen LogP contribution in [0.2, 0.25) is 0 Å². The minimum absolute atomic E-state index is 0. The molecule has 0 spiro atoms. The maximum Gasteiger partial charge on any atom is 0.407 e. The van der Waals surface area contributed by atoms with Crippen molar-refractivity contribution < 1.29 is 14.3 Å². The lowest BCUT2D eigenvalue weighted by Gasteiger charge is -2.20. The quantitative estimate of drug-likeness (QED) is 0.243. The van der Waals surface area contributed by atoms with E-state index in [4.69, 9.17) is 9.47 Å². The molecule has 26 heavy (non-hydrogen) atoms. The van der Waals surface area contributed by atoms with Gasteiger partial charge in [-0.1, -0.05) is 30.3 Å². The van der Waals surface area contributed by atoms with E-state index in [0.29, 0.717) is 25.6 Å². The highest BCUT2D eigenvalue weighted by molar-refractivity contribution is 14.0. The third-order valence-corrected chi connectivity index (χ3v) is 3.22. The van der Waals surface area contributed by atoms with Gasteiger partial charge in [-0.15, -0.1) is 24.0 Å². The van der Waals surface area contributed by atoms with Crippen LogP contribution < -0.4 is 16.0 Å². The van der Waals surface area contributed by atoms with E-state index in [1.165, 1.54) is 0 Å². The van der Waals surface area contributed by atoms with Crippen LogP contribution in [-0.2, 0) is 9.47 Å². The lowest BCUT2D eigenvalue weighted by atomic mass is 10.1. The molecule has 0 heterocycles. The molecule has 1 amide bonds. The molecule has 0 aliphatic rings. The Hall–Kier alpha value is -1.55. The summed E-state index contributed by atoms with van der Waals surface area (Å²) in [5.74, 6) is 0.643. The van der Waals surface area contributed by atoms with Gasteiger partial charge in [0.2, 0.25) is 0 Å². The van der Waals surface area contributed by atoms with Crippen LogP contribution in [0, 0.1) is 0 Å². The average molecular weight is 478 g/mol. The Morgan fingerprint density at radius 1 is 1.12 bits per heavy atom. The zero-order valence-corrected chi connectivity index (χ0v) is 18.5. The first-order valence-corrected chi connectivity index (χ1v) is 8.35.